The SMILES string of the molecule is CCC(C)(C=Cc1ccc(Cl)cc1)COCc1cccc(Oc2ccccc2)c1. The Kier molecular flexibility index (Phi) is 7.51. The first-order chi connectivity index (χ1) is 14.1. The molecule has 3 aromatic carbocycles. The van der Waals surface area contributed by atoms with E-state index in [1.807, 2.05) is 72.8 Å². The highest BCUT2D eigenvalue weighted by molar-refractivity contribution is 6.30. The summed E-state index contributed by atoms with van der Waals surface area (Å²) in [5.74, 6) is 1.65. The third-order valence-corrected chi connectivity index (χ3v) is 5.19. The molecular weight excluding hydrogens is 380 g/mol. The molecule has 0 bridgehead atoms. The van der Waals surface area contributed by atoms with Gasteiger partial charge in [0, 0.05) is 10.4 Å². The topological polar surface area (TPSA) is 18.5 Å². The van der Waals surface area contributed by atoms with Gasteiger partial charge in [0.2, 0.25) is 0 Å². The zero-order chi connectivity index (χ0) is 20.5. The smallest absolute Gasteiger partial charge is 0.127 e. The molecule has 0 amide bonds. The zero-order valence-corrected chi connectivity index (χ0v) is 17.7. The summed E-state index contributed by atoms with van der Waals surface area (Å²) in [6, 6.07) is 25.7. The van der Waals surface area contributed by atoms with Crippen LogP contribution in [-0.2, 0) is 11.3 Å². The van der Waals surface area contributed by atoms with Gasteiger partial charge < -0.3 is 9.47 Å². The van der Waals surface area contributed by atoms with Crippen molar-refractivity contribution in [3.8, 4) is 11.5 Å². The number of hydrogen-bond acceptors (Lipinski definition) is 2. The molecule has 3 rings (SSSR count). The van der Waals surface area contributed by atoms with E-state index >= 15 is 0 Å². The highest BCUT2D eigenvalue weighted by Gasteiger charge is 2.18. The summed E-state index contributed by atoms with van der Waals surface area (Å²) in [4.78, 5) is 0. The summed E-state index contributed by atoms with van der Waals surface area (Å²) < 4.78 is 12.0. The van der Waals surface area contributed by atoms with Crippen molar-refractivity contribution in [1.29, 1.82) is 0 Å². The second-order valence-corrected chi connectivity index (χ2v) is 7.88. The highest BCUT2D eigenvalue weighted by Crippen LogP contribution is 2.26. The maximum atomic E-state index is 6.06. The summed E-state index contributed by atoms with van der Waals surface area (Å²) in [7, 11) is 0. The van der Waals surface area contributed by atoms with Gasteiger partial charge >= 0.3 is 0 Å². The summed E-state index contributed by atoms with van der Waals surface area (Å²) >= 11 is 5.96. The van der Waals surface area contributed by atoms with Crippen molar-refractivity contribution < 1.29 is 9.47 Å². The Hall–Kier alpha value is -2.55. The fourth-order valence-electron chi connectivity index (χ4n) is 2.86. The van der Waals surface area contributed by atoms with Crippen molar-refractivity contribution in [2.24, 2.45) is 5.41 Å². The van der Waals surface area contributed by atoms with Crippen molar-refractivity contribution in [1.82, 2.24) is 0 Å². The molecule has 0 aromatic heterocycles. The lowest BCUT2D eigenvalue weighted by molar-refractivity contribution is 0.0629. The van der Waals surface area contributed by atoms with E-state index in [1.54, 1.807) is 0 Å². The summed E-state index contributed by atoms with van der Waals surface area (Å²) in [5, 5.41) is 0.752. The fourth-order valence-corrected chi connectivity index (χ4v) is 2.99. The molecule has 0 spiro atoms. The Balaban J connectivity index is 1.56. The third-order valence-electron chi connectivity index (χ3n) is 4.93. The Morgan fingerprint density at radius 3 is 2.34 bits per heavy atom. The Bertz CT molecular complexity index is 919. The van der Waals surface area contributed by atoms with Crippen molar-refractivity contribution in [2.75, 3.05) is 6.61 Å². The van der Waals surface area contributed by atoms with E-state index in [2.05, 4.69) is 32.1 Å². The van der Waals surface area contributed by atoms with Crippen LogP contribution in [0.2, 0.25) is 5.02 Å². The third kappa shape index (κ3) is 6.77. The van der Waals surface area contributed by atoms with Crippen LogP contribution in [0, 0.1) is 5.41 Å². The van der Waals surface area contributed by atoms with Crippen LogP contribution in [0.3, 0.4) is 0 Å². The average Bonchev–Trinajstić information content (AvgIpc) is 2.74. The number of para-hydroxylation sites is 1. The molecule has 0 saturated heterocycles. The minimum absolute atomic E-state index is 0.0300. The highest BCUT2D eigenvalue weighted by atomic mass is 35.5. The van der Waals surface area contributed by atoms with Crippen LogP contribution >= 0.6 is 11.6 Å². The molecule has 3 heteroatoms. The fraction of sp³-hybridized carbons (Fsp3) is 0.231. The van der Waals surface area contributed by atoms with E-state index in [4.69, 9.17) is 21.1 Å². The lowest BCUT2D eigenvalue weighted by Gasteiger charge is -2.24. The molecule has 0 radical (unpaired) electrons. The first kappa shape index (κ1) is 21.2. The Morgan fingerprint density at radius 1 is 0.897 bits per heavy atom. The molecule has 0 heterocycles. The van der Waals surface area contributed by atoms with Gasteiger partial charge in [0.25, 0.3) is 0 Å². The van der Waals surface area contributed by atoms with Crippen molar-refractivity contribution in [3.63, 3.8) is 0 Å². The van der Waals surface area contributed by atoms with Crippen LogP contribution in [0.4, 0.5) is 0 Å². The summed E-state index contributed by atoms with van der Waals surface area (Å²) in [5.41, 5.74) is 2.20. The number of benzene rings is 3. The van der Waals surface area contributed by atoms with E-state index in [0.29, 0.717) is 13.2 Å². The molecule has 150 valence electrons. The molecule has 0 N–H and O–H groups in total. The minimum Gasteiger partial charge on any atom is -0.457 e. The van der Waals surface area contributed by atoms with Gasteiger partial charge in [-0.2, -0.15) is 0 Å². The van der Waals surface area contributed by atoms with Gasteiger partial charge in [-0.3, -0.25) is 0 Å². The van der Waals surface area contributed by atoms with Gasteiger partial charge in [0.1, 0.15) is 11.5 Å². The lowest BCUT2D eigenvalue weighted by atomic mass is 9.87. The van der Waals surface area contributed by atoms with E-state index in [-0.39, 0.29) is 5.41 Å². The Morgan fingerprint density at radius 2 is 1.62 bits per heavy atom. The first-order valence-electron chi connectivity index (χ1n) is 9.91. The van der Waals surface area contributed by atoms with Crippen LogP contribution in [0.25, 0.3) is 6.08 Å². The summed E-state index contributed by atoms with van der Waals surface area (Å²) in [6.45, 7) is 5.60. The molecule has 0 fully saturated rings. The second kappa shape index (κ2) is 10.3. The number of ether oxygens (including phenoxy) is 2. The van der Waals surface area contributed by atoms with E-state index in [0.717, 1.165) is 34.1 Å². The monoisotopic (exact) mass is 406 g/mol. The van der Waals surface area contributed by atoms with Crippen molar-refractivity contribution >= 4 is 17.7 Å². The van der Waals surface area contributed by atoms with Crippen LogP contribution in [0.5, 0.6) is 11.5 Å². The maximum absolute atomic E-state index is 6.06. The molecule has 0 saturated carbocycles. The van der Waals surface area contributed by atoms with Gasteiger partial charge in [-0.15, -0.1) is 0 Å². The molecule has 1 unspecified atom stereocenters. The van der Waals surface area contributed by atoms with Gasteiger partial charge in [0.15, 0.2) is 0 Å². The Labute approximate surface area is 178 Å². The standard InChI is InChI=1S/C26H27ClO2/c1-3-26(2,17-16-21-12-14-23(27)15-13-21)20-28-19-22-8-7-11-25(18-22)29-24-9-5-4-6-10-24/h4-18H,3,19-20H2,1-2H3. The van der Waals surface area contributed by atoms with Crippen molar-refractivity contribution in [3.05, 3.63) is 101 Å². The molecule has 0 aliphatic carbocycles. The zero-order valence-electron chi connectivity index (χ0n) is 17.0. The molecular formula is C26H27ClO2. The van der Waals surface area contributed by atoms with Gasteiger partial charge in [-0.05, 0) is 53.9 Å². The van der Waals surface area contributed by atoms with E-state index < -0.39 is 0 Å². The average molecular weight is 407 g/mol. The van der Waals surface area contributed by atoms with Crippen LogP contribution in [-0.4, -0.2) is 6.61 Å². The predicted octanol–water partition coefficient (Wildman–Crippen LogP) is 7.78. The second-order valence-electron chi connectivity index (χ2n) is 7.45. The maximum Gasteiger partial charge on any atom is 0.127 e. The van der Waals surface area contributed by atoms with Gasteiger partial charge in [-0.25, -0.2) is 0 Å². The largest absolute Gasteiger partial charge is 0.457 e. The van der Waals surface area contributed by atoms with Crippen LogP contribution in [0.15, 0.2) is 84.9 Å². The predicted molar refractivity (Wildman–Crippen MR) is 121 cm³/mol. The number of rotatable bonds is 9. The molecule has 2 nitrogen and oxygen atoms in total. The minimum atomic E-state index is -0.0300. The van der Waals surface area contributed by atoms with Crippen LogP contribution < -0.4 is 4.74 Å². The first-order valence-corrected chi connectivity index (χ1v) is 10.3. The molecule has 29 heavy (non-hydrogen) atoms. The molecule has 1 atom stereocenters. The van der Waals surface area contributed by atoms with E-state index in [9.17, 15) is 0 Å². The molecule has 3 aromatic rings. The van der Waals surface area contributed by atoms with Crippen LogP contribution in [0.1, 0.15) is 31.4 Å². The van der Waals surface area contributed by atoms with Crippen molar-refractivity contribution in [2.45, 2.75) is 26.9 Å². The quantitative estimate of drug-likeness (QED) is 0.361. The lowest BCUT2D eigenvalue weighted by Crippen LogP contribution is -2.19. The van der Waals surface area contributed by atoms with E-state index in [1.165, 1.54) is 0 Å². The number of halogens is 1. The van der Waals surface area contributed by atoms with Gasteiger partial charge in [-0.1, -0.05) is 80.1 Å². The summed E-state index contributed by atoms with van der Waals surface area (Å²) in [6.07, 6.45) is 5.36. The van der Waals surface area contributed by atoms with Gasteiger partial charge in [0.05, 0.1) is 13.2 Å². The molecule has 0 aliphatic heterocycles. The normalized spacial score (nSPS) is 13.3. The number of hydrogen-bond donors (Lipinski definition) is 0. The molecule has 0 aliphatic rings.